The molecular formula is C15H25NO3. The van der Waals surface area contributed by atoms with E-state index in [9.17, 15) is 14.7 Å². The smallest absolute Gasteiger partial charge is 0.307 e. The summed E-state index contributed by atoms with van der Waals surface area (Å²) in [6.07, 6.45) is 8.09. The first-order valence-corrected chi connectivity index (χ1v) is 7.52. The molecule has 19 heavy (non-hydrogen) atoms. The largest absolute Gasteiger partial charge is 0.481 e. The molecule has 0 aromatic heterocycles. The summed E-state index contributed by atoms with van der Waals surface area (Å²) in [6, 6.07) is 0. The molecule has 0 heterocycles. The van der Waals surface area contributed by atoms with E-state index in [1.807, 2.05) is 0 Å². The lowest BCUT2D eigenvalue weighted by atomic mass is 9.78. The predicted molar refractivity (Wildman–Crippen MR) is 72.7 cm³/mol. The Labute approximate surface area is 115 Å². The fraction of sp³-hybridized carbons (Fsp3) is 0.867. The third-order valence-electron chi connectivity index (χ3n) is 4.92. The van der Waals surface area contributed by atoms with Crippen LogP contribution in [0.3, 0.4) is 0 Å². The van der Waals surface area contributed by atoms with Crippen molar-refractivity contribution in [3.63, 3.8) is 0 Å². The topological polar surface area (TPSA) is 66.4 Å². The number of aliphatic carboxylic acids is 1. The summed E-state index contributed by atoms with van der Waals surface area (Å²) < 4.78 is 0. The Bertz CT molecular complexity index is 347. The maximum Gasteiger partial charge on any atom is 0.307 e. The lowest BCUT2D eigenvalue weighted by Gasteiger charge is -2.30. The van der Waals surface area contributed by atoms with E-state index in [0.717, 1.165) is 19.3 Å². The molecule has 2 N–H and O–H groups in total. The SMILES string of the molecule is CC1(CNC(=O)[C@@H]2CCCC[C@@H]2C(=O)O)CCCC1. The van der Waals surface area contributed by atoms with E-state index in [1.165, 1.54) is 25.7 Å². The maximum absolute atomic E-state index is 12.2. The van der Waals surface area contributed by atoms with Crippen LogP contribution in [0.5, 0.6) is 0 Å². The Morgan fingerprint density at radius 3 is 2.26 bits per heavy atom. The molecule has 2 fully saturated rings. The van der Waals surface area contributed by atoms with Crippen LogP contribution in [0.4, 0.5) is 0 Å². The van der Waals surface area contributed by atoms with E-state index in [2.05, 4.69) is 12.2 Å². The van der Waals surface area contributed by atoms with Gasteiger partial charge >= 0.3 is 5.97 Å². The third-order valence-corrected chi connectivity index (χ3v) is 4.92. The van der Waals surface area contributed by atoms with Crippen molar-refractivity contribution >= 4 is 11.9 Å². The van der Waals surface area contributed by atoms with Gasteiger partial charge < -0.3 is 10.4 Å². The molecule has 0 radical (unpaired) electrons. The summed E-state index contributed by atoms with van der Waals surface area (Å²) in [5, 5.41) is 12.2. The zero-order valence-electron chi connectivity index (χ0n) is 11.8. The fourth-order valence-electron chi connectivity index (χ4n) is 3.58. The highest BCUT2D eigenvalue weighted by Crippen LogP contribution is 2.37. The van der Waals surface area contributed by atoms with Gasteiger partial charge in [-0.15, -0.1) is 0 Å². The first kappa shape index (κ1) is 14.4. The van der Waals surface area contributed by atoms with Gasteiger partial charge in [-0.1, -0.05) is 32.6 Å². The molecule has 2 rings (SSSR count). The van der Waals surface area contributed by atoms with Crippen molar-refractivity contribution < 1.29 is 14.7 Å². The van der Waals surface area contributed by atoms with Gasteiger partial charge in [-0.05, 0) is 31.1 Å². The first-order chi connectivity index (χ1) is 9.02. The molecule has 0 aliphatic heterocycles. The van der Waals surface area contributed by atoms with E-state index in [0.29, 0.717) is 13.0 Å². The van der Waals surface area contributed by atoms with Crippen molar-refractivity contribution in [3.05, 3.63) is 0 Å². The van der Waals surface area contributed by atoms with Crippen LogP contribution in [-0.2, 0) is 9.59 Å². The van der Waals surface area contributed by atoms with Crippen LogP contribution in [0.2, 0.25) is 0 Å². The summed E-state index contributed by atoms with van der Waals surface area (Å²) in [5.74, 6) is -1.66. The van der Waals surface area contributed by atoms with Crippen LogP contribution in [-0.4, -0.2) is 23.5 Å². The third kappa shape index (κ3) is 3.48. The molecule has 2 aliphatic carbocycles. The monoisotopic (exact) mass is 267 g/mol. The lowest BCUT2D eigenvalue weighted by Crippen LogP contribution is -2.43. The number of nitrogens with one attached hydrogen (secondary N) is 1. The summed E-state index contributed by atoms with van der Waals surface area (Å²) in [7, 11) is 0. The Kier molecular flexibility index (Phi) is 4.48. The molecule has 0 spiro atoms. The molecule has 0 bridgehead atoms. The minimum atomic E-state index is -0.813. The van der Waals surface area contributed by atoms with Crippen LogP contribution >= 0.6 is 0 Å². The normalized spacial score (nSPS) is 29.9. The second-order valence-electron chi connectivity index (χ2n) is 6.57. The minimum absolute atomic E-state index is 0.0415. The van der Waals surface area contributed by atoms with Crippen molar-refractivity contribution in [3.8, 4) is 0 Å². The van der Waals surface area contributed by atoms with Gasteiger partial charge in [0, 0.05) is 6.54 Å². The van der Waals surface area contributed by atoms with E-state index < -0.39 is 11.9 Å². The molecule has 0 saturated heterocycles. The van der Waals surface area contributed by atoms with E-state index in [4.69, 9.17) is 0 Å². The van der Waals surface area contributed by atoms with Crippen molar-refractivity contribution in [2.75, 3.05) is 6.54 Å². The van der Waals surface area contributed by atoms with Gasteiger partial charge in [0.1, 0.15) is 0 Å². The average Bonchev–Trinajstić information content (AvgIpc) is 2.83. The van der Waals surface area contributed by atoms with Gasteiger partial charge in [0.15, 0.2) is 0 Å². The van der Waals surface area contributed by atoms with Crippen molar-refractivity contribution in [2.45, 2.75) is 58.3 Å². The maximum atomic E-state index is 12.2. The highest BCUT2D eigenvalue weighted by atomic mass is 16.4. The molecule has 108 valence electrons. The molecule has 0 unspecified atom stereocenters. The number of hydrogen-bond donors (Lipinski definition) is 2. The second-order valence-corrected chi connectivity index (χ2v) is 6.57. The van der Waals surface area contributed by atoms with Crippen LogP contribution in [0.1, 0.15) is 58.3 Å². The number of carbonyl (C=O) groups excluding carboxylic acids is 1. The molecule has 2 saturated carbocycles. The number of carboxylic acids is 1. The van der Waals surface area contributed by atoms with E-state index in [-0.39, 0.29) is 17.2 Å². The number of carboxylic acid groups (broad SMARTS) is 1. The summed E-state index contributed by atoms with van der Waals surface area (Å²) in [4.78, 5) is 23.5. The van der Waals surface area contributed by atoms with Crippen LogP contribution in [0.15, 0.2) is 0 Å². The van der Waals surface area contributed by atoms with E-state index in [1.54, 1.807) is 0 Å². The molecule has 4 heteroatoms. The van der Waals surface area contributed by atoms with Crippen molar-refractivity contribution in [2.24, 2.45) is 17.3 Å². The van der Waals surface area contributed by atoms with Crippen LogP contribution < -0.4 is 5.32 Å². The number of rotatable bonds is 4. The Hall–Kier alpha value is -1.06. The van der Waals surface area contributed by atoms with Gasteiger partial charge in [-0.2, -0.15) is 0 Å². The Morgan fingerprint density at radius 1 is 1.11 bits per heavy atom. The number of hydrogen-bond acceptors (Lipinski definition) is 2. The van der Waals surface area contributed by atoms with Gasteiger partial charge in [-0.25, -0.2) is 0 Å². The zero-order chi connectivity index (χ0) is 13.9. The predicted octanol–water partition coefficient (Wildman–Crippen LogP) is 2.57. The summed E-state index contributed by atoms with van der Waals surface area (Å²) in [6.45, 7) is 2.92. The van der Waals surface area contributed by atoms with Gasteiger partial charge in [0.2, 0.25) is 5.91 Å². The quantitative estimate of drug-likeness (QED) is 0.822. The fourth-order valence-corrected chi connectivity index (χ4v) is 3.58. The lowest BCUT2D eigenvalue weighted by molar-refractivity contribution is -0.149. The highest BCUT2D eigenvalue weighted by Gasteiger charge is 2.37. The zero-order valence-corrected chi connectivity index (χ0v) is 11.8. The number of carbonyl (C=O) groups is 2. The first-order valence-electron chi connectivity index (χ1n) is 7.52. The summed E-state index contributed by atoms with van der Waals surface area (Å²) >= 11 is 0. The number of amides is 1. The van der Waals surface area contributed by atoms with Crippen LogP contribution in [0, 0.1) is 17.3 Å². The second kappa shape index (κ2) is 5.93. The van der Waals surface area contributed by atoms with Crippen LogP contribution in [0.25, 0.3) is 0 Å². The Morgan fingerprint density at radius 2 is 1.68 bits per heavy atom. The van der Waals surface area contributed by atoms with Gasteiger partial charge in [-0.3, -0.25) is 9.59 Å². The molecule has 0 aromatic carbocycles. The molecule has 1 amide bonds. The Balaban J connectivity index is 1.89. The molecule has 2 aliphatic rings. The summed E-state index contributed by atoms with van der Waals surface area (Å²) in [5.41, 5.74) is 0.225. The van der Waals surface area contributed by atoms with Crippen molar-refractivity contribution in [1.29, 1.82) is 0 Å². The minimum Gasteiger partial charge on any atom is -0.481 e. The molecular weight excluding hydrogens is 242 g/mol. The standard InChI is InChI=1S/C15H25NO3/c1-15(8-4-5-9-15)10-16-13(17)11-6-2-3-7-12(11)14(18)19/h11-12H,2-10H2,1H3,(H,16,17)(H,18,19)/t11-,12+/m1/s1. The highest BCUT2D eigenvalue weighted by molar-refractivity contribution is 5.84. The molecule has 4 nitrogen and oxygen atoms in total. The van der Waals surface area contributed by atoms with Crippen molar-refractivity contribution in [1.82, 2.24) is 5.32 Å². The molecule has 2 atom stereocenters. The van der Waals surface area contributed by atoms with Gasteiger partial charge in [0.25, 0.3) is 0 Å². The average molecular weight is 267 g/mol. The van der Waals surface area contributed by atoms with Gasteiger partial charge in [0.05, 0.1) is 11.8 Å². The van der Waals surface area contributed by atoms with E-state index >= 15 is 0 Å². The molecule has 0 aromatic rings.